The van der Waals surface area contributed by atoms with Crippen LogP contribution in [0.4, 0.5) is 5.69 Å². The highest BCUT2D eigenvalue weighted by molar-refractivity contribution is 6.04. The van der Waals surface area contributed by atoms with E-state index in [-0.39, 0.29) is 5.91 Å². The van der Waals surface area contributed by atoms with Gasteiger partial charge in [0.1, 0.15) is 11.5 Å². The van der Waals surface area contributed by atoms with Crippen LogP contribution in [0, 0.1) is 0 Å². The Balaban J connectivity index is 1.72. The molecule has 6 heteroatoms. The number of aryl methyl sites for hydroxylation is 1. The molecule has 2 heterocycles. The summed E-state index contributed by atoms with van der Waals surface area (Å²) >= 11 is 0. The van der Waals surface area contributed by atoms with Gasteiger partial charge in [-0.2, -0.15) is 5.10 Å². The van der Waals surface area contributed by atoms with Gasteiger partial charge in [0.05, 0.1) is 6.54 Å². The molecule has 0 bridgehead atoms. The Hall–Kier alpha value is -2.63. The molecule has 0 aliphatic carbocycles. The first-order chi connectivity index (χ1) is 9.74. The molecule has 2 N–H and O–H groups in total. The molecular formula is C14H15N5O. The number of hydrogen-bond donors (Lipinski definition) is 2. The van der Waals surface area contributed by atoms with Crippen LogP contribution in [-0.4, -0.2) is 34.6 Å². The summed E-state index contributed by atoms with van der Waals surface area (Å²) in [6.07, 6.45) is 1.60. The van der Waals surface area contributed by atoms with Gasteiger partial charge < -0.3 is 10.6 Å². The van der Waals surface area contributed by atoms with E-state index in [1.807, 2.05) is 24.3 Å². The van der Waals surface area contributed by atoms with E-state index in [2.05, 4.69) is 20.7 Å². The Morgan fingerprint density at radius 3 is 2.70 bits per heavy atom. The second kappa shape index (κ2) is 5.16. The molecule has 0 saturated heterocycles. The molecule has 102 valence electrons. The first-order valence-corrected chi connectivity index (χ1v) is 6.42. The molecule has 1 aliphatic rings. The number of rotatable bonds is 3. The quantitative estimate of drug-likeness (QED) is 0.874. The Bertz CT molecular complexity index is 656. The molecule has 20 heavy (non-hydrogen) atoms. The molecule has 1 amide bonds. The lowest BCUT2D eigenvalue weighted by Crippen LogP contribution is -2.19. The average Bonchev–Trinajstić information content (AvgIpc) is 3.10. The fourth-order valence-electron chi connectivity index (χ4n) is 2.09. The monoisotopic (exact) mass is 269 g/mol. The van der Waals surface area contributed by atoms with Gasteiger partial charge in [-0.25, -0.2) is 0 Å². The zero-order valence-electron chi connectivity index (χ0n) is 11.1. The van der Waals surface area contributed by atoms with Gasteiger partial charge >= 0.3 is 0 Å². The molecule has 0 atom stereocenters. The van der Waals surface area contributed by atoms with Crippen molar-refractivity contribution in [3.63, 3.8) is 0 Å². The van der Waals surface area contributed by atoms with Crippen LogP contribution in [0.1, 0.15) is 16.1 Å². The molecule has 1 aromatic carbocycles. The van der Waals surface area contributed by atoms with Crippen LogP contribution in [0.25, 0.3) is 0 Å². The maximum Gasteiger partial charge on any atom is 0.273 e. The number of carbonyl (C=O) groups is 1. The van der Waals surface area contributed by atoms with Crippen molar-refractivity contribution in [3.05, 3.63) is 47.8 Å². The number of hydrogen-bond acceptors (Lipinski definition) is 4. The standard InChI is InChI=1S/C14H15N5O/c1-19-12(6-7-17-19)14(20)18-11-4-2-10(3-5-11)13-15-8-9-16-13/h2-7H,8-9H2,1H3,(H,15,16)(H,18,20). The van der Waals surface area contributed by atoms with Crippen LogP contribution in [0.15, 0.2) is 41.5 Å². The third-order valence-electron chi connectivity index (χ3n) is 3.14. The van der Waals surface area contributed by atoms with Gasteiger partial charge in [-0.05, 0) is 30.3 Å². The van der Waals surface area contributed by atoms with Crippen LogP contribution in [0.5, 0.6) is 0 Å². The molecule has 0 spiro atoms. The Kier molecular flexibility index (Phi) is 3.20. The van der Waals surface area contributed by atoms with Crippen LogP contribution < -0.4 is 10.6 Å². The largest absolute Gasteiger partial charge is 0.368 e. The predicted molar refractivity (Wildman–Crippen MR) is 77.0 cm³/mol. The maximum absolute atomic E-state index is 12.0. The third-order valence-corrected chi connectivity index (χ3v) is 3.14. The molecule has 0 saturated carbocycles. The van der Waals surface area contributed by atoms with Gasteiger partial charge in [0.2, 0.25) is 0 Å². The molecular weight excluding hydrogens is 254 g/mol. The maximum atomic E-state index is 12.0. The van der Waals surface area contributed by atoms with Gasteiger partial charge in [-0.3, -0.25) is 14.5 Å². The third kappa shape index (κ3) is 2.40. The van der Waals surface area contributed by atoms with E-state index in [0.717, 1.165) is 30.2 Å². The van der Waals surface area contributed by atoms with Crippen LogP contribution >= 0.6 is 0 Å². The van der Waals surface area contributed by atoms with E-state index < -0.39 is 0 Å². The molecule has 6 nitrogen and oxygen atoms in total. The fourth-order valence-corrected chi connectivity index (χ4v) is 2.09. The fraction of sp³-hybridized carbons (Fsp3) is 0.214. The molecule has 1 aliphatic heterocycles. The van der Waals surface area contributed by atoms with Gasteiger partial charge in [-0.15, -0.1) is 0 Å². The number of aromatic nitrogens is 2. The molecule has 3 rings (SSSR count). The molecule has 0 radical (unpaired) electrons. The lowest BCUT2D eigenvalue weighted by molar-refractivity contribution is 0.101. The second-order valence-electron chi connectivity index (χ2n) is 4.53. The second-order valence-corrected chi connectivity index (χ2v) is 4.53. The molecule has 1 aromatic heterocycles. The van der Waals surface area contributed by atoms with Crippen molar-refractivity contribution in [3.8, 4) is 0 Å². The van der Waals surface area contributed by atoms with Crippen LogP contribution in [0.3, 0.4) is 0 Å². The number of carbonyl (C=O) groups excluding carboxylic acids is 1. The summed E-state index contributed by atoms with van der Waals surface area (Å²) in [5.41, 5.74) is 2.30. The summed E-state index contributed by atoms with van der Waals surface area (Å²) in [6.45, 7) is 1.70. The minimum atomic E-state index is -0.172. The normalized spacial score (nSPS) is 13.8. The van der Waals surface area contributed by atoms with Crippen molar-refractivity contribution in [2.24, 2.45) is 12.0 Å². The van der Waals surface area contributed by atoms with E-state index in [4.69, 9.17) is 0 Å². The number of aliphatic imine (C=N–C) groups is 1. The van der Waals surface area contributed by atoms with Crippen molar-refractivity contribution in [2.75, 3.05) is 18.4 Å². The smallest absolute Gasteiger partial charge is 0.273 e. The Morgan fingerprint density at radius 1 is 1.30 bits per heavy atom. The highest BCUT2D eigenvalue weighted by Gasteiger charge is 2.11. The van der Waals surface area contributed by atoms with Gasteiger partial charge in [0.25, 0.3) is 5.91 Å². The highest BCUT2D eigenvalue weighted by atomic mass is 16.2. The number of nitrogens with one attached hydrogen (secondary N) is 2. The van der Waals surface area contributed by atoms with Crippen molar-refractivity contribution >= 4 is 17.4 Å². The molecule has 0 unspecified atom stereocenters. The summed E-state index contributed by atoms with van der Waals surface area (Å²) in [6, 6.07) is 9.30. The lowest BCUT2D eigenvalue weighted by Gasteiger charge is -2.07. The zero-order valence-corrected chi connectivity index (χ0v) is 11.1. The first-order valence-electron chi connectivity index (χ1n) is 6.42. The van der Waals surface area contributed by atoms with Crippen molar-refractivity contribution in [2.45, 2.75) is 0 Å². The van der Waals surface area contributed by atoms with E-state index in [1.54, 1.807) is 24.0 Å². The Labute approximate surface area is 116 Å². The van der Waals surface area contributed by atoms with E-state index in [1.165, 1.54) is 0 Å². The lowest BCUT2D eigenvalue weighted by atomic mass is 10.2. The minimum Gasteiger partial charge on any atom is -0.368 e. The van der Waals surface area contributed by atoms with Crippen LogP contribution in [-0.2, 0) is 7.05 Å². The number of anilines is 1. The summed E-state index contributed by atoms with van der Waals surface area (Å²) < 4.78 is 1.54. The van der Waals surface area contributed by atoms with Crippen molar-refractivity contribution in [1.82, 2.24) is 15.1 Å². The van der Waals surface area contributed by atoms with Gasteiger partial charge in [0, 0.05) is 31.0 Å². The van der Waals surface area contributed by atoms with Crippen molar-refractivity contribution in [1.29, 1.82) is 0 Å². The molecule has 0 fully saturated rings. The first kappa shape index (κ1) is 12.4. The zero-order chi connectivity index (χ0) is 13.9. The number of amidine groups is 1. The van der Waals surface area contributed by atoms with Gasteiger partial charge in [0.15, 0.2) is 0 Å². The van der Waals surface area contributed by atoms with Crippen molar-refractivity contribution < 1.29 is 4.79 Å². The number of benzene rings is 1. The highest BCUT2D eigenvalue weighted by Crippen LogP contribution is 2.12. The topological polar surface area (TPSA) is 71.3 Å². The minimum absolute atomic E-state index is 0.172. The molecule has 2 aromatic rings. The van der Waals surface area contributed by atoms with E-state index >= 15 is 0 Å². The summed E-state index contributed by atoms with van der Waals surface area (Å²) in [5.74, 6) is 0.739. The number of nitrogens with zero attached hydrogens (tertiary/aromatic N) is 3. The summed E-state index contributed by atoms with van der Waals surface area (Å²) in [4.78, 5) is 16.4. The SMILES string of the molecule is Cn1nccc1C(=O)Nc1ccc(C2=NCCN2)cc1. The number of amides is 1. The summed E-state index contributed by atoms with van der Waals surface area (Å²) in [5, 5.41) is 10.0. The van der Waals surface area contributed by atoms with E-state index in [0.29, 0.717) is 5.69 Å². The predicted octanol–water partition coefficient (Wildman–Crippen LogP) is 1.02. The average molecular weight is 269 g/mol. The van der Waals surface area contributed by atoms with Gasteiger partial charge in [-0.1, -0.05) is 0 Å². The Morgan fingerprint density at radius 2 is 2.10 bits per heavy atom. The summed E-state index contributed by atoms with van der Waals surface area (Å²) in [7, 11) is 1.74. The van der Waals surface area contributed by atoms with Crippen LogP contribution in [0.2, 0.25) is 0 Å². The van der Waals surface area contributed by atoms with E-state index in [9.17, 15) is 4.79 Å².